The van der Waals surface area contributed by atoms with Crippen LogP contribution in [-0.2, 0) is 4.79 Å². The zero-order chi connectivity index (χ0) is 18.8. The lowest BCUT2D eigenvalue weighted by molar-refractivity contribution is -0.116. The van der Waals surface area contributed by atoms with Crippen LogP contribution in [0.5, 0.6) is 0 Å². The number of fused-ring (bicyclic) bond motifs is 1. The number of hydrogen-bond donors (Lipinski definition) is 2. The Kier molecular flexibility index (Phi) is 4.34. The first-order valence-electron chi connectivity index (χ1n) is 8.74. The number of amides is 2. The number of nitrogens with two attached hydrogens (primary N) is 1. The molecule has 0 aromatic heterocycles. The molecule has 5 heteroatoms. The molecule has 0 unspecified atom stereocenters. The van der Waals surface area contributed by atoms with Crippen molar-refractivity contribution in [1.82, 2.24) is 5.32 Å². The van der Waals surface area contributed by atoms with E-state index in [1.54, 1.807) is 12.1 Å². The molecule has 1 heterocycles. The Hall–Kier alpha value is -3.60. The van der Waals surface area contributed by atoms with Crippen LogP contribution in [0.4, 0.5) is 5.69 Å². The van der Waals surface area contributed by atoms with E-state index in [-0.39, 0.29) is 12.5 Å². The predicted molar refractivity (Wildman–Crippen MR) is 105 cm³/mol. The second kappa shape index (κ2) is 6.96. The maximum Gasteiger partial charge on any atom is 0.255 e. The van der Waals surface area contributed by atoms with Crippen LogP contribution in [0, 0.1) is 0 Å². The summed E-state index contributed by atoms with van der Waals surface area (Å²) in [5.41, 5.74) is 9.80. The standard InChI is InChI=1S/C22H19N3O2/c23-20(26)14-25-19-9-5-4-8-18(19)22(27)24-21(25)17-12-10-16(11-13-17)15-6-2-1-3-7-15/h1-13,21H,14H2,(H2,23,26)(H,24,27)/t21-/m1/s1. The number of carbonyl (C=O) groups is 2. The first-order valence-corrected chi connectivity index (χ1v) is 8.74. The summed E-state index contributed by atoms with van der Waals surface area (Å²) >= 11 is 0. The minimum absolute atomic E-state index is 0.0163. The molecule has 1 aliphatic heterocycles. The number of nitrogens with zero attached hydrogens (tertiary/aromatic N) is 1. The molecule has 0 radical (unpaired) electrons. The largest absolute Gasteiger partial charge is 0.368 e. The van der Waals surface area contributed by atoms with Crippen LogP contribution in [0.25, 0.3) is 11.1 Å². The normalized spacial score (nSPS) is 15.8. The van der Waals surface area contributed by atoms with E-state index in [4.69, 9.17) is 5.73 Å². The molecule has 0 saturated carbocycles. The van der Waals surface area contributed by atoms with E-state index in [0.717, 1.165) is 16.7 Å². The molecule has 27 heavy (non-hydrogen) atoms. The Morgan fingerprint density at radius 2 is 1.52 bits per heavy atom. The highest BCUT2D eigenvalue weighted by molar-refractivity contribution is 6.02. The lowest BCUT2D eigenvalue weighted by atomic mass is 10.00. The predicted octanol–water partition coefficient (Wildman–Crippen LogP) is 3.09. The molecule has 3 aromatic rings. The van der Waals surface area contributed by atoms with Crippen LogP contribution in [0.2, 0.25) is 0 Å². The monoisotopic (exact) mass is 357 g/mol. The van der Waals surface area contributed by atoms with E-state index < -0.39 is 12.1 Å². The van der Waals surface area contributed by atoms with Gasteiger partial charge in [-0.05, 0) is 28.8 Å². The quantitative estimate of drug-likeness (QED) is 0.753. The van der Waals surface area contributed by atoms with Gasteiger partial charge in [0.2, 0.25) is 5.91 Å². The Morgan fingerprint density at radius 1 is 0.889 bits per heavy atom. The minimum atomic E-state index is -0.454. The van der Waals surface area contributed by atoms with E-state index in [0.29, 0.717) is 11.3 Å². The Morgan fingerprint density at radius 3 is 2.22 bits per heavy atom. The Labute approximate surface area is 157 Å². The van der Waals surface area contributed by atoms with Crippen molar-refractivity contribution in [2.45, 2.75) is 6.17 Å². The maximum atomic E-state index is 12.5. The summed E-state index contributed by atoms with van der Waals surface area (Å²) in [6.45, 7) is 0.0163. The molecule has 3 N–H and O–H groups in total. The molecular weight excluding hydrogens is 338 g/mol. The molecule has 2 amide bonds. The lowest BCUT2D eigenvalue weighted by Crippen LogP contribution is -2.49. The fraction of sp³-hybridized carbons (Fsp3) is 0.0909. The molecule has 0 fully saturated rings. The van der Waals surface area contributed by atoms with E-state index in [2.05, 4.69) is 5.32 Å². The Balaban J connectivity index is 1.71. The molecule has 4 rings (SSSR count). The molecule has 1 atom stereocenters. The van der Waals surface area contributed by atoms with Gasteiger partial charge >= 0.3 is 0 Å². The number of nitrogens with one attached hydrogen (secondary N) is 1. The summed E-state index contributed by atoms with van der Waals surface area (Å²) in [4.78, 5) is 26.0. The smallest absolute Gasteiger partial charge is 0.255 e. The molecule has 0 bridgehead atoms. The van der Waals surface area contributed by atoms with E-state index in [1.807, 2.05) is 71.6 Å². The van der Waals surface area contributed by atoms with Crippen molar-refractivity contribution in [1.29, 1.82) is 0 Å². The number of para-hydroxylation sites is 1. The van der Waals surface area contributed by atoms with Crippen LogP contribution in [0.1, 0.15) is 22.1 Å². The highest BCUT2D eigenvalue weighted by Crippen LogP contribution is 2.33. The number of rotatable bonds is 4. The van der Waals surface area contributed by atoms with Gasteiger partial charge in [-0.2, -0.15) is 0 Å². The van der Waals surface area contributed by atoms with Gasteiger partial charge in [-0.15, -0.1) is 0 Å². The van der Waals surface area contributed by atoms with Crippen molar-refractivity contribution in [2.75, 3.05) is 11.4 Å². The molecule has 3 aromatic carbocycles. The molecule has 0 saturated heterocycles. The molecule has 1 aliphatic rings. The summed E-state index contributed by atoms with van der Waals surface area (Å²) in [5.74, 6) is -0.615. The highest BCUT2D eigenvalue weighted by atomic mass is 16.2. The number of anilines is 1. The van der Waals surface area contributed by atoms with Crippen molar-refractivity contribution in [2.24, 2.45) is 5.73 Å². The van der Waals surface area contributed by atoms with Gasteiger partial charge in [0.25, 0.3) is 5.91 Å². The van der Waals surface area contributed by atoms with Gasteiger partial charge in [-0.25, -0.2) is 0 Å². The van der Waals surface area contributed by atoms with Crippen molar-refractivity contribution in [3.63, 3.8) is 0 Å². The van der Waals surface area contributed by atoms with Gasteiger partial charge in [-0.3, -0.25) is 9.59 Å². The van der Waals surface area contributed by atoms with Gasteiger partial charge in [-0.1, -0.05) is 66.7 Å². The van der Waals surface area contributed by atoms with Crippen molar-refractivity contribution >= 4 is 17.5 Å². The van der Waals surface area contributed by atoms with Crippen LogP contribution >= 0.6 is 0 Å². The average Bonchev–Trinajstić information content (AvgIpc) is 2.71. The first-order chi connectivity index (χ1) is 13.1. The first kappa shape index (κ1) is 16.8. The van der Waals surface area contributed by atoms with Gasteiger partial charge in [0, 0.05) is 0 Å². The van der Waals surface area contributed by atoms with Crippen LogP contribution in [0.15, 0.2) is 78.9 Å². The summed E-state index contributed by atoms with van der Waals surface area (Å²) < 4.78 is 0. The van der Waals surface area contributed by atoms with Crippen molar-refractivity contribution < 1.29 is 9.59 Å². The average molecular weight is 357 g/mol. The molecule has 134 valence electrons. The molecular formula is C22H19N3O2. The SMILES string of the molecule is NC(=O)CN1c2ccccc2C(=O)N[C@H]1c1ccc(-c2ccccc2)cc1. The van der Waals surface area contributed by atoms with Crippen LogP contribution in [0.3, 0.4) is 0 Å². The van der Waals surface area contributed by atoms with E-state index >= 15 is 0 Å². The Bertz CT molecular complexity index is 984. The summed E-state index contributed by atoms with van der Waals surface area (Å²) in [5, 5.41) is 2.98. The number of benzene rings is 3. The third-order valence-electron chi connectivity index (χ3n) is 4.70. The lowest BCUT2D eigenvalue weighted by Gasteiger charge is -2.38. The van der Waals surface area contributed by atoms with Gasteiger partial charge in [0.1, 0.15) is 6.17 Å². The van der Waals surface area contributed by atoms with Gasteiger partial charge in [0.05, 0.1) is 17.8 Å². The third-order valence-corrected chi connectivity index (χ3v) is 4.70. The van der Waals surface area contributed by atoms with Crippen molar-refractivity contribution in [3.05, 3.63) is 90.0 Å². The number of hydrogen-bond acceptors (Lipinski definition) is 3. The number of primary amides is 1. The third kappa shape index (κ3) is 3.27. The summed E-state index contributed by atoms with van der Waals surface area (Å²) in [6, 6.07) is 25.3. The fourth-order valence-electron chi connectivity index (χ4n) is 3.43. The second-order valence-corrected chi connectivity index (χ2v) is 6.48. The number of carbonyl (C=O) groups excluding carboxylic acids is 2. The highest BCUT2D eigenvalue weighted by Gasteiger charge is 2.32. The zero-order valence-corrected chi connectivity index (χ0v) is 14.6. The van der Waals surface area contributed by atoms with Gasteiger partial charge < -0.3 is 16.0 Å². The zero-order valence-electron chi connectivity index (χ0n) is 14.6. The topological polar surface area (TPSA) is 75.4 Å². The summed E-state index contributed by atoms with van der Waals surface area (Å²) in [7, 11) is 0. The minimum Gasteiger partial charge on any atom is -0.368 e. The molecule has 0 spiro atoms. The summed E-state index contributed by atoms with van der Waals surface area (Å²) in [6.07, 6.45) is -0.454. The fourth-order valence-corrected chi connectivity index (χ4v) is 3.43. The van der Waals surface area contributed by atoms with Crippen LogP contribution < -0.4 is 16.0 Å². The van der Waals surface area contributed by atoms with E-state index in [9.17, 15) is 9.59 Å². The molecule has 5 nitrogen and oxygen atoms in total. The maximum absolute atomic E-state index is 12.5. The molecule has 0 aliphatic carbocycles. The van der Waals surface area contributed by atoms with Crippen molar-refractivity contribution in [3.8, 4) is 11.1 Å². The van der Waals surface area contributed by atoms with Crippen LogP contribution in [-0.4, -0.2) is 18.4 Å². The van der Waals surface area contributed by atoms with E-state index in [1.165, 1.54) is 0 Å². The van der Waals surface area contributed by atoms with Gasteiger partial charge in [0.15, 0.2) is 0 Å². The second-order valence-electron chi connectivity index (χ2n) is 6.48.